The highest BCUT2D eigenvalue weighted by atomic mass is 16.8. The van der Waals surface area contributed by atoms with Crippen LogP contribution in [0.1, 0.15) is 61.8 Å². The number of hydrogen-bond donors (Lipinski definition) is 1. The first-order chi connectivity index (χ1) is 13.8. The van der Waals surface area contributed by atoms with Crippen LogP contribution in [0.5, 0.6) is 0 Å². The molecule has 5 nitrogen and oxygen atoms in total. The Hall–Kier alpha value is -1.69. The first kappa shape index (κ1) is 22.0. The maximum Gasteiger partial charge on any atom is 0.313 e. The molecule has 2 atom stereocenters. The molecule has 1 fully saturated rings. The van der Waals surface area contributed by atoms with Crippen molar-refractivity contribution in [3.63, 3.8) is 0 Å². The Bertz CT molecular complexity index is 750. The van der Waals surface area contributed by atoms with E-state index in [-0.39, 0.29) is 17.8 Å². The third-order valence-corrected chi connectivity index (χ3v) is 5.85. The van der Waals surface area contributed by atoms with Crippen LogP contribution in [-0.4, -0.2) is 36.7 Å². The molecule has 29 heavy (non-hydrogen) atoms. The summed E-state index contributed by atoms with van der Waals surface area (Å²) in [5.41, 5.74) is 4.82. The van der Waals surface area contributed by atoms with Crippen molar-refractivity contribution in [1.82, 2.24) is 0 Å². The number of carbonyl (C=O) groups excluding carboxylic acids is 1. The van der Waals surface area contributed by atoms with E-state index in [9.17, 15) is 9.90 Å². The number of benzene rings is 1. The fourth-order valence-electron chi connectivity index (χ4n) is 4.66. The van der Waals surface area contributed by atoms with Crippen molar-refractivity contribution >= 4 is 11.4 Å². The summed E-state index contributed by atoms with van der Waals surface area (Å²) in [7, 11) is 0. The van der Waals surface area contributed by atoms with Gasteiger partial charge in [-0.1, -0.05) is 17.7 Å². The number of aliphatic hydroxyl groups is 1. The highest BCUT2D eigenvalue weighted by molar-refractivity contribution is 6.25. The van der Waals surface area contributed by atoms with Gasteiger partial charge in [-0.15, -0.1) is 0 Å². The third kappa shape index (κ3) is 5.27. The lowest BCUT2D eigenvalue weighted by molar-refractivity contribution is -0.260. The van der Waals surface area contributed by atoms with Crippen LogP contribution in [-0.2, 0) is 19.0 Å². The Labute approximate surface area is 174 Å². The van der Waals surface area contributed by atoms with Crippen molar-refractivity contribution in [2.75, 3.05) is 13.2 Å². The second kappa shape index (κ2) is 9.41. The second-order valence-corrected chi connectivity index (χ2v) is 8.74. The van der Waals surface area contributed by atoms with Gasteiger partial charge in [0.1, 0.15) is 5.76 Å². The molecule has 1 aliphatic heterocycles. The molecular formula is C24H34O5. The molecule has 0 saturated carbocycles. The van der Waals surface area contributed by atoms with Crippen LogP contribution < -0.4 is 0 Å². The summed E-state index contributed by atoms with van der Waals surface area (Å²) < 4.78 is 16.6. The maximum absolute atomic E-state index is 13.5. The molecule has 0 aromatic heterocycles. The van der Waals surface area contributed by atoms with Crippen molar-refractivity contribution in [3.8, 4) is 0 Å². The van der Waals surface area contributed by atoms with Gasteiger partial charge in [0.25, 0.3) is 0 Å². The molecule has 160 valence electrons. The topological polar surface area (TPSA) is 65.0 Å². The van der Waals surface area contributed by atoms with Gasteiger partial charge in [0.05, 0.1) is 11.7 Å². The number of ether oxygens (including phenoxy) is 3. The van der Waals surface area contributed by atoms with E-state index in [0.29, 0.717) is 23.7 Å². The minimum atomic E-state index is -1.37. The Balaban J connectivity index is 1.91. The van der Waals surface area contributed by atoms with E-state index >= 15 is 0 Å². The van der Waals surface area contributed by atoms with Gasteiger partial charge < -0.3 is 19.3 Å². The number of rotatable bonds is 7. The van der Waals surface area contributed by atoms with E-state index < -0.39 is 6.48 Å². The molecule has 0 bridgehead atoms. The molecule has 3 rings (SSSR count). The minimum Gasteiger partial charge on any atom is -0.445 e. The Morgan fingerprint density at radius 3 is 2.34 bits per heavy atom. The zero-order valence-electron chi connectivity index (χ0n) is 18.3. The van der Waals surface area contributed by atoms with E-state index in [1.165, 1.54) is 5.56 Å². The summed E-state index contributed by atoms with van der Waals surface area (Å²) >= 11 is 0. The molecule has 5 heteroatoms. The van der Waals surface area contributed by atoms with Crippen LogP contribution in [0.2, 0.25) is 0 Å². The van der Waals surface area contributed by atoms with Gasteiger partial charge in [-0.2, -0.15) is 0 Å². The summed E-state index contributed by atoms with van der Waals surface area (Å²) in [5, 5.41) is 10.2. The van der Waals surface area contributed by atoms with E-state index in [0.717, 1.165) is 49.2 Å². The number of carbonyl (C=O) groups is 1. The average Bonchev–Trinajstić information content (AvgIpc) is 2.90. The van der Waals surface area contributed by atoms with Crippen molar-refractivity contribution in [1.29, 1.82) is 0 Å². The summed E-state index contributed by atoms with van der Waals surface area (Å²) in [6, 6.07) is 4.18. The second-order valence-electron chi connectivity index (χ2n) is 8.74. The van der Waals surface area contributed by atoms with Gasteiger partial charge in [-0.25, -0.2) is 0 Å². The molecule has 1 saturated heterocycles. The molecule has 2 aliphatic rings. The molecular weight excluding hydrogens is 368 g/mol. The van der Waals surface area contributed by atoms with E-state index in [1.54, 1.807) is 0 Å². The largest absolute Gasteiger partial charge is 0.445 e. The Morgan fingerprint density at radius 1 is 1.14 bits per heavy atom. The van der Waals surface area contributed by atoms with Gasteiger partial charge in [-0.05, 0) is 76.5 Å². The number of Topliss-reactive ketones (excluding diaryl/α,β-unsaturated/α-hetero) is 1. The number of hydrogen-bond acceptors (Lipinski definition) is 5. The highest BCUT2D eigenvalue weighted by Crippen LogP contribution is 2.42. The summed E-state index contributed by atoms with van der Waals surface area (Å²) in [6.07, 6.45) is 3.17. The van der Waals surface area contributed by atoms with Crippen LogP contribution in [0.4, 0.5) is 0 Å². The van der Waals surface area contributed by atoms with Crippen molar-refractivity contribution in [3.05, 3.63) is 40.1 Å². The van der Waals surface area contributed by atoms with Gasteiger partial charge >= 0.3 is 6.48 Å². The smallest absolute Gasteiger partial charge is 0.313 e. The van der Waals surface area contributed by atoms with Crippen molar-refractivity contribution < 1.29 is 24.1 Å². The fraction of sp³-hybridized carbons (Fsp3) is 0.625. The molecule has 1 heterocycles. The normalized spacial score (nSPS) is 21.9. The SMILES string of the molecule is Cc1cc(C)c(C2=C(OC(O)OC(C)C)CC(CC3CCOCC3)C2=O)c(C)c1. The first-order valence-corrected chi connectivity index (χ1v) is 10.7. The van der Waals surface area contributed by atoms with Crippen molar-refractivity contribution in [2.45, 2.75) is 72.9 Å². The van der Waals surface area contributed by atoms with E-state index in [2.05, 4.69) is 19.1 Å². The molecule has 0 amide bonds. The summed E-state index contributed by atoms with van der Waals surface area (Å²) in [4.78, 5) is 13.5. The Kier molecular flexibility index (Phi) is 7.14. The Morgan fingerprint density at radius 2 is 1.76 bits per heavy atom. The number of allylic oxidation sites excluding steroid dienone is 2. The summed E-state index contributed by atoms with van der Waals surface area (Å²) in [6.45, 7) is 9.95. The molecule has 1 aliphatic carbocycles. The van der Waals surface area contributed by atoms with E-state index in [1.807, 2.05) is 27.7 Å². The van der Waals surface area contributed by atoms with Gasteiger partial charge in [0, 0.05) is 25.6 Å². The summed E-state index contributed by atoms with van der Waals surface area (Å²) in [5.74, 6) is 1.05. The molecule has 1 aromatic carbocycles. The lowest BCUT2D eigenvalue weighted by Gasteiger charge is -2.24. The van der Waals surface area contributed by atoms with E-state index in [4.69, 9.17) is 14.2 Å². The standard InChI is InChI=1S/C24H34O5/c1-14(2)28-24(26)29-20-13-19(12-18-6-8-27-9-7-18)23(25)22(20)21-16(4)10-15(3)11-17(21)5/h10-11,14,18-19,24,26H,6-9,12-13H2,1-5H3. The van der Waals surface area contributed by atoms with Crippen molar-refractivity contribution in [2.24, 2.45) is 11.8 Å². The maximum atomic E-state index is 13.5. The van der Waals surface area contributed by atoms with Gasteiger partial charge in [0.15, 0.2) is 5.78 Å². The predicted octanol–water partition coefficient (Wildman–Crippen LogP) is 4.45. The van der Waals surface area contributed by atoms with Crippen LogP contribution >= 0.6 is 0 Å². The average molecular weight is 403 g/mol. The minimum absolute atomic E-state index is 0.116. The number of aryl methyl sites for hydroxylation is 3. The van der Waals surface area contributed by atoms with Crippen LogP contribution in [0, 0.1) is 32.6 Å². The molecule has 2 unspecified atom stereocenters. The third-order valence-electron chi connectivity index (χ3n) is 5.85. The fourth-order valence-corrected chi connectivity index (χ4v) is 4.66. The van der Waals surface area contributed by atoms with Gasteiger partial charge in [0.2, 0.25) is 0 Å². The zero-order chi connectivity index (χ0) is 21.1. The lowest BCUT2D eigenvalue weighted by Crippen LogP contribution is -2.21. The number of ketones is 1. The molecule has 1 aromatic rings. The van der Waals surface area contributed by atoms with Crippen LogP contribution in [0.3, 0.4) is 0 Å². The molecule has 0 radical (unpaired) electrons. The number of aliphatic hydroxyl groups excluding tert-OH is 1. The highest BCUT2D eigenvalue weighted by Gasteiger charge is 2.38. The molecule has 1 N–H and O–H groups in total. The predicted molar refractivity (Wildman–Crippen MR) is 112 cm³/mol. The lowest BCUT2D eigenvalue weighted by atomic mass is 9.85. The van der Waals surface area contributed by atoms with Crippen LogP contribution in [0.15, 0.2) is 17.9 Å². The molecule has 0 spiro atoms. The monoisotopic (exact) mass is 402 g/mol. The first-order valence-electron chi connectivity index (χ1n) is 10.7. The van der Waals surface area contributed by atoms with Gasteiger partial charge in [-0.3, -0.25) is 4.79 Å². The zero-order valence-corrected chi connectivity index (χ0v) is 18.3. The quantitative estimate of drug-likeness (QED) is 0.683. The van der Waals surface area contributed by atoms with Crippen LogP contribution in [0.25, 0.3) is 5.57 Å².